The van der Waals surface area contributed by atoms with Gasteiger partial charge < -0.3 is 0 Å². The van der Waals surface area contributed by atoms with Crippen molar-refractivity contribution in [3.8, 4) is 22.3 Å². The van der Waals surface area contributed by atoms with Crippen molar-refractivity contribution in [1.82, 2.24) is 9.97 Å². The van der Waals surface area contributed by atoms with Gasteiger partial charge in [0.1, 0.15) is 9.79 Å². The van der Waals surface area contributed by atoms with Gasteiger partial charge in [-0.1, -0.05) is 80.6 Å². The molecule has 194 valence electrons. The van der Waals surface area contributed by atoms with Crippen LogP contribution in [0.3, 0.4) is 0 Å². The van der Waals surface area contributed by atoms with E-state index in [-0.39, 0.29) is 23.0 Å². The molecule has 10 heteroatoms. The fraction of sp³-hybridized carbons (Fsp3) is 0.143. The maximum Gasteiger partial charge on any atom is 0.297 e. The normalized spacial score (nSPS) is 12.3. The van der Waals surface area contributed by atoms with Crippen LogP contribution in [0.5, 0.6) is 0 Å². The third kappa shape index (κ3) is 4.35. The first kappa shape index (κ1) is 25.9. The molecule has 0 fully saturated rings. The van der Waals surface area contributed by atoms with Crippen LogP contribution in [0.15, 0.2) is 82.6 Å². The van der Waals surface area contributed by atoms with Crippen LogP contribution >= 0.6 is 0 Å². The average Bonchev–Trinajstić information content (AvgIpc) is 2.90. The van der Waals surface area contributed by atoms with Crippen LogP contribution in [-0.4, -0.2) is 35.9 Å². The summed E-state index contributed by atoms with van der Waals surface area (Å²) in [6.07, 6.45) is 0.567. The second kappa shape index (κ2) is 9.55. The summed E-state index contributed by atoms with van der Waals surface area (Å²) in [5.41, 5.74) is 3.23. The highest BCUT2D eigenvalue weighted by molar-refractivity contribution is 7.89. The van der Waals surface area contributed by atoms with E-state index in [0.717, 1.165) is 11.3 Å². The smallest absolute Gasteiger partial charge is 0.282 e. The van der Waals surface area contributed by atoms with E-state index in [1.54, 1.807) is 37.3 Å². The lowest BCUT2D eigenvalue weighted by molar-refractivity contribution is 0.466. The number of hydrogen-bond acceptors (Lipinski definition) is 6. The number of benzene rings is 3. The van der Waals surface area contributed by atoms with E-state index in [0.29, 0.717) is 34.0 Å². The summed E-state index contributed by atoms with van der Waals surface area (Å²) in [5, 5.41) is 0.547. The predicted molar refractivity (Wildman–Crippen MR) is 146 cm³/mol. The van der Waals surface area contributed by atoms with Gasteiger partial charge in [-0.15, -0.1) is 0 Å². The van der Waals surface area contributed by atoms with E-state index in [4.69, 9.17) is 4.98 Å². The molecule has 5 rings (SSSR count). The molecule has 3 aromatic carbocycles. The quantitative estimate of drug-likeness (QED) is 0.203. The van der Waals surface area contributed by atoms with Gasteiger partial charge in [0.15, 0.2) is 0 Å². The summed E-state index contributed by atoms with van der Waals surface area (Å²) >= 11 is 0. The fourth-order valence-electron chi connectivity index (χ4n) is 4.89. The van der Waals surface area contributed by atoms with Gasteiger partial charge in [-0.3, -0.25) is 14.1 Å². The fourth-order valence-corrected chi connectivity index (χ4v) is 7.15. The maximum absolute atomic E-state index is 13.0. The first-order valence-corrected chi connectivity index (χ1v) is 14.8. The van der Waals surface area contributed by atoms with Crippen LogP contribution in [0.2, 0.25) is 0 Å². The first-order valence-electron chi connectivity index (χ1n) is 11.9. The molecule has 0 aliphatic heterocycles. The molecule has 0 saturated carbocycles. The van der Waals surface area contributed by atoms with Gasteiger partial charge in [0.05, 0.1) is 16.7 Å². The number of aromatic nitrogens is 2. The molecule has 0 saturated heterocycles. The number of pyridine rings is 2. The highest BCUT2D eigenvalue weighted by Gasteiger charge is 2.34. The third-order valence-electron chi connectivity index (χ3n) is 6.46. The molecule has 0 aliphatic rings. The molecular weight excluding hydrogens is 524 g/mol. The zero-order valence-electron chi connectivity index (χ0n) is 20.6. The summed E-state index contributed by atoms with van der Waals surface area (Å²) in [5.74, 6) is 0. The Morgan fingerprint density at radius 2 is 1.18 bits per heavy atom. The SMILES string of the molecule is CCc1ccc2c(-c3ccccc3)c(-c3ccccc3)c3c(S(=O)(=O)O)c(S(=O)(=O)O)c(CC)nc3c2n1. The first-order chi connectivity index (χ1) is 18.1. The molecule has 2 N–H and O–H groups in total. The Balaban J connectivity index is 2.24. The van der Waals surface area contributed by atoms with Gasteiger partial charge in [0, 0.05) is 22.0 Å². The van der Waals surface area contributed by atoms with Crippen LogP contribution in [0.4, 0.5) is 0 Å². The minimum atomic E-state index is -5.20. The summed E-state index contributed by atoms with van der Waals surface area (Å²) in [6, 6.07) is 21.8. The van der Waals surface area contributed by atoms with Crippen molar-refractivity contribution in [3.63, 3.8) is 0 Å². The minimum absolute atomic E-state index is 0.0242. The van der Waals surface area contributed by atoms with Crippen LogP contribution < -0.4 is 0 Å². The predicted octanol–water partition coefficient (Wildman–Crippen LogP) is 5.74. The van der Waals surface area contributed by atoms with Crippen LogP contribution in [-0.2, 0) is 33.1 Å². The Morgan fingerprint density at radius 3 is 1.68 bits per heavy atom. The van der Waals surface area contributed by atoms with Gasteiger partial charge in [0.2, 0.25) is 0 Å². The van der Waals surface area contributed by atoms with E-state index in [1.807, 2.05) is 49.4 Å². The Labute approximate surface area is 220 Å². The number of fused-ring (bicyclic) bond motifs is 3. The minimum Gasteiger partial charge on any atom is -0.282 e. The molecule has 2 heterocycles. The van der Waals surface area contributed by atoms with Gasteiger partial charge in [-0.2, -0.15) is 16.8 Å². The van der Waals surface area contributed by atoms with E-state index >= 15 is 0 Å². The van der Waals surface area contributed by atoms with Gasteiger partial charge in [-0.05, 0) is 35.6 Å². The highest BCUT2D eigenvalue weighted by Crippen LogP contribution is 2.47. The molecular formula is C28H24N2O6S2. The van der Waals surface area contributed by atoms with E-state index < -0.39 is 30.0 Å². The maximum atomic E-state index is 13.0. The average molecular weight is 549 g/mol. The second-order valence-corrected chi connectivity index (χ2v) is 11.5. The molecule has 2 aromatic heterocycles. The van der Waals surface area contributed by atoms with Crippen molar-refractivity contribution in [3.05, 3.63) is 84.2 Å². The standard InChI is InChI=1S/C28H24N2O6S2/c1-3-19-15-16-20-22(17-11-7-5-8-12-17)23(18-13-9-6-10-14-18)24-26(25(20)29-19)30-21(4-2)27(37(31,32)33)28(24)38(34,35)36/h5-16H,3-4H2,1-2H3,(H,31,32,33)(H,34,35,36). The van der Waals surface area contributed by atoms with Gasteiger partial charge in [-0.25, -0.2) is 4.98 Å². The number of aryl methyl sites for hydroxylation is 2. The molecule has 0 unspecified atom stereocenters. The lowest BCUT2D eigenvalue weighted by Gasteiger charge is -2.21. The van der Waals surface area contributed by atoms with Gasteiger partial charge in [0.25, 0.3) is 20.2 Å². The van der Waals surface area contributed by atoms with Crippen molar-refractivity contribution in [2.45, 2.75) is 36.5 Å². The third-order valence-corrected chi connectivity index (χ3v) is 8.47. The molecule has 38 heavy (non-hydrogen) atoms. The Hall–Kier alpha value is -3.70. The van der Waals surface area contributed by atoms with E-state index in [2.05, 4.69) is 4.98 Å². The van der Waals surface area contributed by atoms with Crippen molar-refractivity contribution in [2.75, 3.05) is 0 Å². The molecule has 0 radical (unpaired) electrons. The van der Waals surface area contributed by atoms with E-state index in [9.17, 15) is 25.9 Å². The lowest BCUT2D eigenvalue weighted by atomic mass is 9.87. The summed E-state index contributed by atoms with van der Waals surface area (Å²) in [4.78, 5) is 7.52. The van der Waals surface area contributed by atoms with Gasteiger partial charge >= 0.3 is 0 Å². The highest BCUT2D eigenvalue weighted by atomic mass is 32.2. The molecule has 5 aromatic rings. The van der Waals surface area contributed by atoms with Crippen LogP contribution in [0, 0.1) is 0 Å². The Bertz CT molecular complexity index is 1920. The molecule has 0 atom stereocenters. The Morgan fingerprint density at radius 1 is 0.632 bits per heavy atom. The van der Waals surface area contributed by atoms with Crippen molar-refractivity contribution < 1.29 is 25.9 Å². The summed E-state index contributed by atoms with van der Waals surface area (Å²) in [7, 11) is -10.3. The zero-order valence-corrected chi connectivity index (χ0v) is 22.2. The number of nitrogens with zero attached hydrogens (tertiary/aromatic N) is 2. The van der Waals surface area contributed by atoms with E-state index in [1.165, 1.54) is 0 Å². The number of hydrogen-bond donors (Lipinski definition) is 2. The molecule has 8 nitrogen and oxygen atoms in total. The summed E-state index contributed by atoms with van der Waals surface area (Å²) in [6.45, 7) is 3.51. The largest absolute Gasteiger partial charge is 0.297 e. The van der Waals surface area contributed by atoms with Crippen molar-refractivity contribution >= 4 is 42.0 Å². The lowest BCUT2D eigenvalue weighted by Crippen LogP contribution is -2.15. The van der Waals surface area contributed by atoms with Crippen molar-refractivity contribution in [1.29, 1.82) is 0 Å². The zero-order chi connectivity index (χ0) is 27.2. The molecule has 0 aliphatic carbocycles. The molecule has 0 spiro atoms. The molecule has 0 amide bonds. The monoisotopic (exact) mass is 548 g/mol. The Kier molecular flexibility index (Phi) is 6.52. The second-order valence-electron chi connectivity index (χ2n) is 8.78. The topological polar surface area (TPSA) is 135 Å². The van der Waals surface area contributed by atoms with Crippen LogP contribution in [0.25, 0.3) is 44.1 Å². The number of rotatable bonds is 6. The molecule has 0 bridgehead atoms. The summed E-state index contributed by atoms with van der Waals surface area (Å²) < 4.78 is 71.9. The van der Waals surface area contributed by atoms with Crippen molar-refractivity contribution in [2.24, 2.45) is 0 Å². The van der Waals surface area contributed by atoms with Crippen LogP contribution in [0.1, 0.15) is 25.2 Å².